The Morgan fingerprint density at radius 2 is 1.52 bits per heavy atom. The molecule has 0 spiro atoms. The summed E-state index contributed by atoms with van der Waals surface area (Å²) in [5.74, 6) is -0.282. The number of para-hydroxylation sites is 2. The van der Waals surface area contributed by atoms with Gasteiger partial charge in [-0.1, -0.05) is 42.5 Å². The average Bonchev–Trinajstić information content (AvgIpc) is 3.93. The van der Waals surface area contributed by atoms with E-state index < -0.39 is 11.8 Å². The number of nitrogens with zero attached hydrogens (tertiary/aromatic N) is 7. The summed E-state index contributed by atoms with van der Waals surface area (Å²) in [7, 11) is 4.93. The zero-order valence-electron chi connectivity index (χ0n) is 32.3. The number of fused-ring (bicyclic) bond motifs is 2. The number of carbonyl (C=O) groups excluding carboxylic acids is 2. The lowest BCUT2D eigenvalue weighted by molar-refractivity contribution is 0.102. The van der Waals surface area contributed by atoms with Crippen LogP contribution < -0.4 is 20.1 Å². The van der Waals surface area contributed by atoms with Gasteiger partial charge in [-0.25, -0.2) is 9.97 Å². The van der Waals surface area contributed by atoms with Crippen LogP contribution in [0.5, 0.6) is 11.5 Å². The van der Waals surface area contributed by atoms with Gasteiger partial charge in [0.25, 0.3) is 11.8 Å². The van der Waals surface area contributed by atoms with E-state index in [1.54, 1.807) is 24.7 Å². The Kier molecular flexibility index (Phi) is 10.9. The summed E-state index contributed by atoms with van der Waals surface area (Å²) in [5, 5.41) is 11.3. The smallest absolute Gasteiger partial charge is 0.275 e. The zero-order valence-corrected chi connectivity index (χ0v) is 32.3. The van der Waals surface area contributed by atoms with Gasteiger partial charge in [0.15, 0.2) is 11.5 Å². The minimum atomic E-state index is -0.526. The van der Waals surface area contributed by atoms with Crippen LogP contribution in [-0.2, 0) is 26.6 Å². The van der Waals surface area contributed by atoms with E-state index in [1.165, 1.54) is 37.6 Å². The van der Waals surface area contributed by atoms with Gasteiger partial charge in [0, 0.05) is 61.9 Å². The minimum absolute atomic E-state index is 0.103. The van der Waals surface area contributed by atoms with E-state index in [-0.39, 0.29) is 16.9 Å². The van der Waals surface area contributed by atoms with Gasteiger partial charge in [-0.2, -0.15) is 5.10 Å². The van der Waals surface area contributed by atoms with E-state index >= 15 is 0 Å². The molecule has 2 amide bonds. The van der Waals surface area contributed by atoms with Crippen molar-refractivity contribution in [2.24, 2.45) is 7.05 Å². The quantitative estimate of drug-likeness (QED) is 0.115. The molecule has 13 nitrogen and oxygen atoms in total. The molecule has 58 heavy (non-hydrogen) atoms. The average molecular weight is 772 g/mol. The van der Waals surface area contributed by atoms with E-state index in [2.05, 4.69) is 78.0 Å². The topological polar surface area (TPSA) is 141 Å². The number of nitrogens with one attached hydrogen (secondary N) is 2. The monoisotopic (exact) mass is 771 g/mol. The zero-order chi connectivity index (χ0) is 40.0. The summed E-state index contributed by atoms with van der Waals surface area (Å²) in [6.07, 6.45) is 9.62. The van der Waals surface area contributed by atoms with Gasteiger partial charge in [0.05, 0.1) is 60.7 Å². The number of aryl methyl sites for hydroxylation is 1. The second kappa shape index (κ2) is 16.8. The molecule has 0 unspecified atom stereocenters. The molecule has 0 aliphatic rings. The highest BCUT2D eigenvalue weighted by Crippen LogP contribution is 2.34. The molecule has 8 rings (SSSR count). The van der Waals surface area contributed by atoms with E-state index in [0.29, 0.717) is 28.2 Å². The van der Waals surface area contributed by atoms with E-state index in [4.69, 9.17) is 9.47 Å². The lowest BCUT2D eigenvalue weighted by Crippen LogP contribution is -2.25. The summed E-state index contributed by atoms with van der Waals surface area (Å²) in [4.78, 5) is 42.7. The molecular formula is C45H41N9O4. The second-order valence-corrected chi connectivity index (χ2v) is 13.9. The van der Waals surface area contributed by atoms with Crippen molar-refractivity contribution >= 4 is 45.1 Å². The SMILES string of the molecule is COc1cc(NC(=O)c2cnc3ccccc3n2)c(C(=O)Nc2ccc(CCN(Cc3cccc(-n4ccnc4)c3)Cc3ccc4c(cnn4C)c3)cc2)cc1OC. The molecule has 5 aromatic carbocycles. The third kappa shape index (κ3) is 8.39. The van der Waals surface area contributed by atoms with Gasteiger partial charge < -0.3 is 24.7 Å². The molecule has 290 valence electrons. The van der Waals surface area contributed by atoms with Crippen molar-refractivity contribution in [1.82, 2.24) is 34.2 Å². The first kappa shape index (κ1) is 37.5. The first-order valence-electron chi connectivity index (χ1n) is 18.7. The Balaban J connectivity index is 0.975. The number of hydrogen-bond acceptors (Lipinski definition) is 9. The Labute approximate surface area is 334 Å². The standard InChI is InChI=1S/C45H41N9O4/c1-52-41-16-13-32(21-33(41)25-48-52)28-53(27-31-7-6-8-35(22-31)54-20-18-46-29-54)19-17-30-11-14-34(15-12-30)49-44(55)36-23-42(57-2)43(58-3)24-39(36)51-45(56)40-26-47-37-9-4-5-10-38(37)50-40/h4-16,18,20-26,29H,17,19,27-28H2,1-3H3,(H,49,55)(H,51,56). The molecule has 0 bridgehead atoms. The fourth-order valence-electron chi connectivity index (χ4n) is 6.93. The Morgan fingerprint density at radius 1 is 0.759 bits per heavy atom. The molecule has 0 saturated carbocycles. The first-order chi connectivity index (χ1) is 28.3. The molecule has 2 N–H and O–H groups in total. The van der Waals surface area contributed by atoms with Gasteiger partial charge in [0.2, 0.25) is 0 Å². The summed E-state index contributed by atoms with van der Waals surface area (Å²) in [6.45, 7) is 2.30. The number of amides is 2. The summed E-state index contributed by atoms with van der Waals surface area (Å²) < 4.78 is 14.9. The molecule has 3 heterocycles. The normalized spacial score (nSPS) is 11.2. The maximum atomic E-state index is 13.8. The number of imidazole rings is 1. The van der Waals surface area contributed by atoms with E-state index in [0.717, 1.165) is 48.2 Å². The van der Waals surface area contributed by atoms with Crippen LogP contribution >= 0.6 is 0 Å². The molecule has 0 atom stereocenters. The van der Waals surface area contributed by atoms with Crippen LogP contribution in [0.25, 0.3) is 27.6 Å². The van der Waals surface area contributed by atoms with Crippen LogP contribution in [0, 0.1) is 0 Å². The fourth-order valence-corrected chi connectivity index (χ4v) is 6.93. The maximum Gasteiger partial charge on any atom is 0.275 e. The number of hydrogen-bond donors (Lipinski definition) is 2. The number of anilines is 2. The first-order valence-corrected chi connectivity index (χ1v) is 18.7. The van der Waals surface area contributed by atoms with Crippen LogP contribution in [0.2, 0.25) is 0 Å². The van der Waals surface area contributed by atoms with Crippen LogP contribution in [0.3, 0.4) is 0 Å². The Bertz CT molecular complexity index is 2730. The Morgan fingerprint density at radius 3 is 2.29 bits per heavy atom. The minimum Gasteiger partial charge on any atom is -0.493 e. The second-order valence-electron chi connectivity index (χ2n) is 13.9. The van der Waals surface area contributed by atoms with Gasteiger partial charge in [-0.3, -0.25) is 24.2 Å². The predicted molar refractivity (Wildman–Crippen MR) is 224 cm³/mol. The fraction of sp³-hybridized carbons (Fsp3) is 0.156. The number of aromatic nitrogens is 6. The molecule has 0 aliphatic heterocycles. The predicted octanol–water partition coefficient (Wildman–Crippen LogP) is 7.47. The maximum absolute atomic E-state index is 13.8. The van der Waals surface area contributed by atoms with Crippen molar-refractivity contribution in [2.45, 2.75) is 19.5 Å². The number of rotatable bonds is 14. The molecule has 13 heteroatoms. The Hall–Kier alpha value is -7.38. The summed E-state index contributed by atoms with van der Waals surface area (Å²) in [5.41, 5.74) is 8.04. The molecule has 8 aromatic rings. The van der Waals surface area contributed by atoms with Gasteiger partial charge in [-0.05, 0) is 77.7 Å². The van der Waals surface area contributed by atoms with Crippen molar-refractivity contribution in [3.05, 3.63) is 162 Å². The molecule has 0 radical (unpaired) electrons. The molecular weight excluding hydrogens is 731 g/mol. The number of carbonyl (C=O) groups is 2. The van der Waals surface area contributed by atoms with Gasteiger partial charge in [0.1, 0.15) is 5.69 Å². The van der Waals surface area contributed by atoms with E-state index in [1.807, 2.05) is 71.2 Å². The van der Waals surface area contributed by atoms with Crippen LogP contribution in [0.4, 0.5) is 11.4 Å². The number of benzene rings is 5. The summed E-state index contributed by atoms with van der Waals surface area (Å²) in [6, 6.07) is 33.2. The number of methoxy groups -OCH3 is 2. The van der Waals surface area contributed by atoms with Crippen LogP contribution in [0.15, 0.2) is 134 Å². The van der Waals surface area contributed by atoms with Crippen molar-refractivity contribution in [3.8, 4) is 17.2 Å². The molecule has 0 aliphatic carbocycles. The number of ether oxygens (including phenoxy) is 2. The van der Waals surface area contributed by atoms with Crippen molar-refractivity contribution in [3.63, 3.8) is 0 Å². The molecule has 0 fully saturated rings. The summed E-state index contributed by atoms with van der Waals surface area (Å²) >= 11 is 0. The van der Waals surface area contributed by atoms with Crippen molar-refractivity contribution in [2.75, 3.05) is 31.4 Å². The highest BCUT2D eigenvalue weighted by molar-refractivity contribution is 6.12. The van der Waals surface area contributed by atoms with Gasteiger partial charge in [-0.15, -0.1) is 0 Å². The third-order valence-electron chi connectivity index (χ3n) is 9.96. The van der Waals surface area contributed by atoms with Gasteiger partial charge >= 0.3 is 0 Å². The lowest BCUT2D eigenvalue weighted by atomic mass is 10.1. The largest absolute Gasteiger partial charge is 0.493 e. The van der Waals surface area contributed by atoms with Crippen LogP contribution in [-0.4, -0.2) is 66.8 Å². The highest BCUT2D eigenvalue weighted by atomic mass is 16.5. The van der Waals surface area contributed by atoms with E-state index in [9.17, 15) is 9.59 Å². The molecule has 3 aromatic heterocycles. The van der Waals surface area contributed by atoms with Crippen LogP contribution in [0.1, 0.15) is 37.5 Å². The van der Waals surface area contributed by atoms with Crippen molar-refractivity contribution < 1.29 is 19.1 Å². The van der Waals surface area contributed by atoms with Crippen molar-refractivity contribution in [1.29, 1.82) is 0 Å². The highest BCUT2D eigenvalue weighted by Gasteiger charge is 2.21. The third-order valence-corrected chi connectivity index (χ3v) is 9.96. The lowest BCUT2D eigenvalue weighted by Gasteiger charge is -2.23. The molecule has 0 saturated heterocycles.